The maximum atomic E-state index is 12.1. The van der Waals surface area contributed by atoms with Crippen molar-refractivity contribution < 1.29 is 23.1 Å². The average Bonchev–Trinajstić information content (AvgIpc) is 2.24. The van der Waals surface area contributed by atoms with Crippen LogP contribution < -0.4 is 9.46 Å². The highest BCUT2D eigenvalue weighted by Crippen LogP contribution is 2.19. The molecule has 0 aromatic carbocycles. The second-order valence-corrected chi connectivity index (χ2v) is 6.46. The maximum Gasteiger partial charge on any atom is 0.338 e. The predicted octanol–water partition coefficient (Wildman–Crippen LogP) is 0.865. The van der Waals surface area contributed by atoms with Crippen LogP contribution in [0, 0.1) is 0 Å². The van der Waals surface area contributed by atoms with Crippen LogP contribution in [0.3, 0.4) is 0 Å². The Morgan fingerprint density at radius 1 is 1.37 bits per heavy atom. The summed E-state index contributed by atoms with van der Waals surface area (Å²) in [6.07, 6.45) is 0. The van der Waals surface area contributed by atoms with E-state index in [0.717, 1.165) is 6.07 Å². The van der Waals surface area contributed by atoms with E-state index in [9.17, 15) is 13.2 Å². The van der Waals surface area contributed by atoms with Crippen LogP contribution in [-0.2, 0) is 10.0 Å². The topological polar surface area (TPSA) is 106 Å². The second-order valence-electron chi connectivity index (χ2n) is 4.87. The van der Waals surface area contributed by atoms with Crippen LogP contribution in [0.15, 0.2) is 17.2 Å². The molecular weight excluding hydrogens is 272 g/mol. The van der Waals surface area contributed by atoms with Gasteiger partial charge >= 0.3 is 5.97 Å². The Balaban J connectivity index is 3.42. The molecule has 0 amide bonds. The molecule has 0 aliphatic carbocycles. The van der Waals surface area contributed by atoms with Gasteiger partial charge in [-0.2, -0.15) is 4.98 Å². The van der Waals surface area contributed by atoms with E-state index < -0.39 is 32.1 Å². The van der Waals surface area contributed by atoms with E-state index in [1.165, 1.54) is 13.2 Å². The predicted molar refractivity (Wildman–Crippen MR) is 67.8 cm³/mol. The zero-order valence-electron chi connectivity index (χ0n) is 11.1. The number of rotatable bonds is 4. The minimum atomic E-state index is -4.05. The molecule has 0 saturated heterocycles. The van der Waals surface area contributed by atoms with Crippen LogP contribution in [0.5, 0.6) is 5.88 Å². The summed E-state index contributed by atoms with van der Waals surface area (Å²) < 4.78 is 31.5. The Labute approximate surface area is 111 Å². The molecule has 0 spiro atoms. The number of carboxylic acids is 1. The molecule has 1 rings (SSSR count). The number of hydrogen-bond donors (Lipinski definition) is 2. The van der Waals surface area contributed by atoms with E-state index in [-0.39, 0.29) is 5.88 Å². The fourth-order valence-electron chi connectivity index (χ4n) is 1.36. The Morgan fingerprint density at radius 2 is 1.95 bits per heavy atom. The number of nitrogens with one attached hydrogen (secondary N) is 1. The summed E-state index contributed by atoms with van der Waals surface area (Å²) in [5.74, 6) is -1.34. The number of hydrogen-bond acceptors (Lipinski definition) is 5. The van der Waals surface area contributed by atoms with Crippen molar-refractivity contribution in [2.75, 3.05) is 7.11 Å². The lowest BCUT2D eigenvalue weighted by Crippen LogP contribution is -2.41. The van der Waals surface area contributed by atoms with Gasteiger partial charge in [0.2, 0.25) is 5.88 Å². The summed E-state index contributed by atoms with van der Waals surface area (Å²) >= 11 is 0. The normalized spacial score (nSPS) is 12.2. The molecule has 0 radical (unpaired) electrons. The molecule has 0 bridgehead atoms. The van der Waals surface area contributed by atoms with Gasteiger partial charge in [0.25, 0.3) is 10.0 Å². The smallest absolute Gasteiger partial charge is 0.338 e. The van der Waals surface area contributed by atoms with Gasteiger partial charge in [-0.05, 0) is 26.8 Å². The number of pyridine rings is 1. The lowest BCUT2D eigenvalue weighted by Gasteiger charge is -2.20. The number of aromatic nitrogens is 1. The van der Waals surface area contributed by atoms with Gasteiger partial charge in [-0.3, -0.25) is 0 Å². The van der Waals surface area contributed by atoms with Gasteiger partial charge in [-0.15, -0.1) is 0 Å². The van der Waals surface area contributed by atoms with Crippen LogP contribution in [0.25, 0.3) is 0 Å². The third-order valence-corrected chi connectivity index (χ3v) is 3.67. The highest BCUT2D eigenvalue weighted by Gasteiger charge is 2.28. The van der Waals surface area contributed by atoms with Gasteiger partial charge in [-0.25, -0.2) is 17.9 Å². The Hall–Kier alpha value is -1.67. The van der Waals surface area contributed by atoms with E-state index >= 15 is 0 Å². The number of sulfonamides is 1. The minimum Gasteiger partial charge on any atom is -0.481 e. The average molecular weight is 288 g/mol. The van der Waals surface area contributed by atoms with Crippen molar-refractivity contribution >= 4 is 16.0 Å². The molecule has 19 heavy (non-hydrogen) atoms. The van der Waals surface area contributed by atoms with Crippen molar-refractivity contribution in [3.8, 4) is 5.88 Å². The summed E-state index contributed by atoms with van der Waals surface area (Å²) in [5, 5.41) is 8.46. The standard InChI is InChI=1S/C11H16N2O5S/c1-11(2,3)13-19(16,17)9-7(10(14)15)5-6-8(12-9)18-4/h5-6,13H,1-4H3,(H,14,15). The SMILES string of the molecule is COc1ccc(C(=O)O)c(S(=O)(=O)NC(C)(C)C)n1. The van der Waals surface area contributed by atoms with Crippen LogP contribution in [0.1, 0.15) is 31.1 Å². The molecule has 1 heterocycles. The first kappa shape index (κ1) is 15.4. The number of ether oxygens (including phenoxy) is 1. The molecule has 0 aliphatic rings. The lowest BCUT2D eigenvalue weighted by atomic mass is 10.1. The van der Waals surface area contributed by atoms with Gasteiger partial charge in [0, 0.05) is 11.6 Å². The summed E-state index contributed by atoms with van der Waals surface area (Å²) in [6.45, 7) is 4.93. The molecule has 0 saturated carbocycles. The number of carbonyl (C=O) groups is 1. The highest BCUT2D eigenvalue weighted by atomic mass is 32.2. The zero-order chi connectivity index (χ0) is 14.8. The van der Waals surface area contributed by atoms with Gasteiger partial charge in [0.1, 0.15) is 0 Å². The van der Waals surface area contributed by atoms with Crippen LogP contribution in [-0.4, -0.2) is 37.1 Å². The first-order valence-electron chi connectivity index (χ1n) is 5.39. The molecule has 0 unspecified atom stereocenters. The van der Waals surface area contributed by atoms with Crippen molar-refractivity contribution in [3.05, 3.63) is 17.7 Å². The molecule has 1 aromatic rings. The van der Waals surface area contributed by atoms with Crippen LogP contribution >= 0.6 is 0 Å². The quantitative estimate of drug-likeness (QED) is 0.851. The van der Waals surface area contributed by atoms with Crippen molar-refractivity contribution in [1.29, 1.82) is 0 Å². The number of aromatic carboxylic acids is 1. The third-order valence-electron chi connectivity index (χ3n) is 1.97. The lowest BCUT2D eigenvalue weighted by molar-refractivity contribution is 0.0691. The molecule has 106 valence electrons. The van der Waals surface area contributed by atoms with Gasteiger partial charge in [-0.1, -0.05) is 0 Å². The Kier molecular flexibility index (Phi) is 4.16. The largest absolute Gasteiger partial charge is 0.481 e. The molecule has 0 atom stereocenters. The van der Waals surface area contributed by atoms with Crippen molar-refractivity contribution in [1.82, 2.24) is 9.71 Å². The third kappa shape index (κ3) is 3.90. The monoisotopic (exact) mass is 288 g/mol. The van der Waals surface area contributed by atoms with Gasteiger partial charge < -0.3 is 9.84 Å². The van der Waals surface area contributed by atoms with E-state index in [2.05, 4.69) is 9.71 Å². The molecule has 0 aliphatic heterocycles. The van der Waals surface area contributed by atoms with Gasteiger partial charge in [0.05, 0.1) is 12.7 Å². The number of nitrogens with zero attached hydrogens (tertiary/aromatic N) is 1. The van der Waals surface area contributed by atoms with E-state index in [4.69, 9.17) is 9.84 Å². The number of methoxy groups -OCH3 is 1. The molecule has 0 fully saturated rings. The Bertz CT molecular complexity index is 590. The molecule has 1 aromatic heterocycles. The summed E-state index contributed by atoms with van der Waals surface area (Å²) in [5.41, 5.74) is -1.16. The van der Waals surface area contributed by atoms with Crippen LogP contribution in [0.2, 0.25) is 0 Å². The Morgan fingerprint density at radius 3 is 2.37 bits per heavy atom. The molecule has 7 nitrogen and oxygen atoms in total. The first-order valence-corrected chi connectivity index (χ1v) is 6.87. The summed E-state index contributed by atoms with van der Waals surface area (Å²) in [7, 11) is -2.73. The fraction of sp³-hybridized carbons (Fsp3) is 0.455. The minimum absolute atomic E-state index is 0.0271. The zero-order valence-corrected chi connectivity index (χ0v) is 11.9. The van der Waals surface area contributed by atoms with Crippen molar-refractivity contribution in [2.24, 2.45) is 0 Å². The summed E-state index contributed by atoms with van der Waals surface area (Å²) in [6, 6.07) is 2.44. The maximum absolute atomic E-state index is 12.1. The van der Waals surface area contributed by atoms with Crippen molar-refractivity contribution in [3.63, 3.8) is 0 Å². The molecule has 8 heteroatoms. The molecule has 2 N–H and O–H groups in total. The van der Waals surface area contributed by atoms with E-state index in [1.54, 1.807) is 20.8 Å². The van der Waals surface area contributed by atoms with Crippen molar-refractivity contribution in [2.45, 2.75) is 31.3 Å². The fourth-order valence-corrected chi connectivity index (χ4v) is 2.91. The molecular formula is C11H16N2O5S. The summed E-state index contributed by atoms with van der Waals surface area (Å²) in [4.78, 5) is 14.8. The van der Waals surface area contributed by atoms with E-state index in [1.807, 2.05) is 0 Å². The first-order chi connectivity index (χ1) is 8.57. The highest BCUT2D eigenvalue weighted by molar-refractivity contribution is 7.89. The van der Waals surface area contributed by atoms with Crippen LogP contribution in [0.4, 0.5) is 0 Å². The van der Waals surface area contributed by atoms with E-state index in [0.29, 0.717) is 0 Å². The number of carboxylic acid groups (broad SMARTS) is 1. The van der Waals surface area contributed by atoms with Gasteiger partial charge in [0.15, 0.2) is 5.03 Å². The second kappa shape index (κ2) is 5.14.